The van der Waals surface area contributed by atoms with E-state index in [4.69, 9.17) is 29.0 Å². The number of aromatic nitrogens is 3. The lowest BCUT2D eigenvalue weighted by Gasteiger charge is -1.91. The van der Waals surface area contributed by atoms with E-state index >= 15 is 0 Å². The minimum atomic E-state index is -0.682. The van der Waals surface area contributed by atoms with E-state index in [0.717, 1.165) is 6.20 Å². The van der Waals surface area contributed by atoms with Gasteiger partial charge in [-0.25, -0.2) is 10.8 Å². The number of nitrogens with zero attached hydrogens (tertiary/aromatic N) is 4. The second-order valence-electron chi connectivity index (χ2n) is 2.89. The molecule has 2 aromatic rings. The summed E-state index contributed by atoms with van der Waals surface area (Å²) >= 11 is 10.6. The minimum absolute atomic E-state index is 0. The maximum atomic E-state index is 10.1. The molecule has 2 aromatic heterocycles. The van der Waals surface area contributed by atoms with Crippen LogP contribution in [-0.4, -0.2) is 14.9 Å². The van der Waals surface area contributed by atoms with Gasteiger partial charge in [0.25, 0.3) is 0 Å². The SMILES string of the molecule is N[n+]1ccccc1.O=[N+]([O-])c1cnc(Cl)nc1Cl.[I-]. The van der Waals surface area contributed by atoms with Crippen LogP contribution in [0.3, 0.4) is 0 Å². The molecule has 0 spiro atoms. The highest BCUT2D eigenvalue weighted by molar-refractivity contribution is 6.33. The first-order valence-corrected chi connectivity index (χ1v) is 5.30. The summed E-state index contributed by atoms with van der Waals surface area (Å²) in [6.45, 7) is 0. The topological polar surface area (TPSA) is 98.8 Å². The van der Waals surface area contributed by atoms with Crippen LogP contribution in [0.4, 0.5) is 5.69 Å². The maximum Gasteiger partial charge on any atom is 0.324 e. The molecule has 0 unspecified atom stereocenters. The highest BCUT2D eigenvalue weighted by Gasteiger charge is 2.13. The van der Waals surface area contributed by atoms with Crippen LogP contribution in [0.1, 0.15) is 0 Å². The number of nitro groups is 1. The van der Waals surface area contributed by atoms with Crippen molar-refractivity contribution in [1.82, 2.24) is 9.97 Å². The molecular weight excluding hydrogens is 408 g/mol. The fraction of sp³-hybridized carbons (Fsp3) is 0. The van der Waals surface area contributed by atoms with Crippen molar-refractivity contribution in [3.63, 3.8) is 0 Å². The molecule has 0 atom stereocenters. The van der Waals surface area contributed by atoms with Gasteiger partial charge in [0.2, 0.25) is 10.4 Å². The minimum Gasteiger partial charge on any atom is -1.00 e. The lowest BCUT2D eigenvalue weighted by Crippen LogP contribution is -3.00. The summed E-state index contributed by atoms with van der Waals surface area (Å²) in [7, 11) is 0. The molecule has 2 N–H and O–H groups in total. The molecule has 19 heavy (non-hydrogen) atoms. The fourth-order valence-corrected chi connectivity index (χ4v) is 1.24. The number of nitrogen functional groups attached to an aromatic ring is 1. The summed E-state index contributed by atoms with van der Waals surface area (Å²) in [5.41, 5.74) is -0.351. The Morgan fingerprint density at radius 3 is 2.21 bits per heavy atom. The van der Waals surface area contributed by atoms with Crippen molar-refractivity contribution in [2.45, 2.75) is 0 Å². The van der Waals surface area contributed by atoms with Gasteiger partial charge in [-0.15, -0.1) is 0 Å². The maximum absolute atomic E-state index is 10.1. The molecule has 102 valence electrons. The zero-order valence-electron chi connectivity index (χ0n) is 9.28. The number of pyridine rings is 1. The molecule has 2 heterocycles. The molecule has 0 saturated carbocycles. The molecule has 0 aliphatic rings. The van der Waals surface area contributed by atoms with Gasteiger partial charge in [-0.05, 0) is 11.6 Å². The van der Waals surface area contributed by atoms with Crippen molar-refractivity contribution in [2.24, 2.45) is 0 Å². The number of hydrogen-bond donors (Lipinski definition) is 1. The molecule has 0 amide bonds. The van der Waals surface area contributed by atoms with Crippen molar-refractivity contribution in [2.75, 3.05) is 5.84 Å². The van der Waals surface area contributed by atoms with E-state index in [1.807, 2.05) is 18.2 Å². The van der Waals surface area contributed by atoms with Gasteiger partial charge in [0.05, 0.1) is 4.92 Å². The van der Waals surface area contributed by atoms with E-state index in [2.05, 4.69) is 9.97 Å². The largest absolute Gasteiger partial charge is 1.00 e. The van der Waals surface area contributed by atoms with Crippen molar-refractivity contribution >= 4 is 28.9 Å². The van der Waals surface area contributed by atoms with E-state index in [-0.39, 0.29) is 40.1 Å². The third-order valence-corrected chi connectivity index (χ3v) is 2.09. The van der Waals surface area contributed by atoms with Crippen LogP contribution in [0.5, 0.6) is 0 Å². The van der Waals surface area contributed by atoms with Gasteiger partial charge < -0.3 is 24.0 Å². The van der Waals surface area contributed by atoms with Crippen LogP contribution in [-0.2, 0) is 0 Å². The summed E-state index contributed by atoms with van der Waals surface area (Å²) in [6, 6.07) is 5.67. The molecular formula is C9H8Cl2IN5O2. The average molecular weight is 416 g/mol. The van der Waals surface area contributed by atoms with E-state index in [1.165, 1.54) is 4.68 Å². The summed E-state index contributed by atoms with van der Waals surface area (Å²) in [4.78, 5) is 16.2. The van der Waals surface area contributed by atoms with E-state index in [0.29, 0.717) is 0 Å². The van der Waals surface area contributed by atoms with Crippen LogP contribution in [0, 0.1) is 10.1 Å². The molecule has 0 saturated heterocycles. The molecule has 10 heteroatoms. The third kappa shape index (κ3) is 6.45. The zero-order valence-corrected chi connectivity index (χ0v) is 13.0. The van der Waals surface area contributed by atoms with E-state index in [9.17, 15) is 10.1 Å². The van der Waals surface area contributed by atoms with Crippen LogP contribution >= 0.6 is 23.2 Å². The number of hydrogen-bond acceptors (Lipinski definition) is 5. The predicted octanol–water partition coefficient (Wildman–Crippen LogP) is -1.62. The van der Waals surface area contributed by atoms with Gasteiger partial charge in [-0.1, -0.05) is 22.3 Å². The molecule has 0 aromatic carbocycles. The van der Waals surface area contributed by atoms with Gasteiger partial charge in [0, 0.05) is 12.1 Å². The van der Waals surface area contributed by atoms with Crippen molar-refractivity contribution in [1.29, 1.82) is 0 Å². The smallest absolute Gasteiger partial charge is 0.324 e. The van der Waals surface area contributed by atoms with Crippen molar-refractivity contribution in [3.05, 3.63) is 57.3 Å². The highest BCUT2D eigenvalue weighted by atomic mass is 127. The third-order valence-electron chi connectivity index (χ3n) is 1.63. The quantitative estimate of drug-likeness (QED) is 0.115. The number of rotatable bonds is 1. The van der Waals surface area contributed by atoms with Gasteiger partial charge in [0.15, 0.2) is 12.4 Å². The van der Waals surface area contributed by atoms with Crippen LogP contribution in [0.25, 0.3) is 0 Å². The Hall–Kier alpha value is -1.26. The standard InChI is InChI=1S/C5H7N2.C4HCl2N3O2.HI/c6-7-4-2-1-3-5-7;5-3-2(9(10)11)1-7-4(6)8-3;/h1-5H,6H2;1H;1H/q+1;;/p-1. The van der Waals surface area contributed by atoms with Crippen LogP contribution < -0.4 is 34.5 Å². The summed E-state index contributed by atoms with van der Waals surface area (Å²) in [5, 5.41) is 9.77. The second kappa shape index (κ2) is 8.77. The lowest BCUT2D eigenvalue weighted by atomic mass is 10.5. The lowest BCUT2D eigenvalue weighted by molar-refractivity contribution is -0.638. The van der Waals surface area contributed by atoms with Gasteiger partial charge in [-0.3, -0.25) is 10.1 Å². The Balaban J connectivity index is 0.000000352. The monoisotopic (exact) mass is 415 g/mol. The first kappa shape index (κ1) is 17.7. The first-order valence-electron chi connectivity index (χ1n) is 4.54. The zero-order chi connectivity index (χ0) is 13.5. The predicted molar refractivity (Wildman–Crippen MR) is 65.5 cm³/mol. The van der Waals surface area contributed by atoms with Crippen molar-refractivity contribution < 1.29 is 33.6 Å². The molecule has 0 bridgehead atoms. The number of nitrogens with two attached hydrogens (primary N) is 1. The Morgan fingerprint density at radius 1 is 1.26 bits per heavy atom. The molecule has 7 nitrogen and oxygen atoms in total. The van der Waals surface area contributed by atoms with Crippen molar-refractivity contribution in [3.8, 4) is 0 Å². The Bertz CT molecular complexity index is 543. The van der Waals surface area contributed by atoms with Gasteiger partial charge in [-0.2, -0.15) is 4.98 Å². The summed E-state index contributed by atoms with van der Waals surface area (Å²) in [6.07, 6.45) is 4.51. The molecule has 0 aliphatic carbocycles. The summed E-state index contributed by atoms with van der Waals surface area (Å²) in [5.74, 6) is 5.27. The summed E-state index contributed by atoms with van der Waals surface area (Å²) < 4.78 is 1.50. The van der Waals surface area contributed by atoms with E-state index < -0.39 is 4.92 Å². The fourth-order valence-electron chi connectivity index (χ4n) is 0.869. The Morgan fingerprint density at radius 2 is 1.84 bits per heavy atom. The van der Waals surface area contributed by atoms with Crippen LogP contribution in [0.15, 0.2) is 36.8 Å². The Labute approximate surface area is 135 Å². The first-order chi connectivity index (χ1) is 8.50. The van der Waals surface area contributed by atoms with Crippen LogP contribution in [0.2, 0.25) is 10.4 Å². The normalized spacial score (nSPS) is 8.74. The average Bonchev–Trinajstić information content (AvgIpc) is 2.30. The second-order valence-corrected chi connectivity index (χ2v) is 3.59. The molecule has 2 rings (SSSR count). The number of halogens is 3. The molecule has 0 fully saturated rings. The van der Waals surface area contributed by atoms with Gasteiger partial charge in [0.1, 0.15) is 6.20 Å². The van der Waals surface area contributed by atoms with Gasteiger partial charge >= 0.3 is 5.69 Å². The highest BCUT2D eigenvalue weighted by Crippen LogP contribution is 2.20. The van der Waals surface area contributed by atoms with E-state index in [1.54, 1.807) is 12.4 Å². The molecule has 0 aliphatic heterocycles. The Kier molecular flexibility index (Phi) is 8.19. The molecule has 0 radical (unpaired) electrons.